The van der Waals surface area contributed by atoms with E-state index in [0.29, 0.717) is 5.56 Å². The lowest BCUT2D eigenvalue weighted by atomic mass is 10.2. The third-order valence-corrected chi connectivity index (χ3v) is 1.29. The molecule has 1 aromatic rings. The quantitative estimate of drug-likeness (QED) is 0.577. The van der Waals surface area contributed by atoms with Crippen LogP contribution in [0.3, 0.4) is 0 Å². The Morgan fingerprint density at radius 2 is 2.08 bits per heavy atom. The number of aliphatic hydroxyl groups excluding tert-OH is 1. The molecular weight excluding hydrogens is 155 g/mol. The van der Waals surface area contributed by atoms with Crippen LogP contribution in [-0.4, -0.2) is 11.2 Å². The molecule has 1 aromatic carbocycles. The van der Waals surface area contributed by atoms with Gasteiger partial charge >= 0.3 is 0 Å². The van der Waals surface area contributed by atoms with Gasteiger partial charge in [0.05, 0.1) is 5.56 Å². The molecular formula is C10H9FO. The van der Waals surface area contributed by atoms with E-state index >= 15 is 0 Å². The molecule has 0 aliphatic carbocycles. The number of rotatable bonds is 0. The zero-order valence-corrected chi connectivity index (χ0v) is 6.71. The molecule has 0 fully saturated rings. The average molecular weight is 164 g/mol. The summed E-state index contributed by atoms with van der Waals surface area (Å²) in [5.41, 5.74) is 0.318. The van der Waals surface area contributed by atoms with Crippen LogP contribution in [0.25, 0.3) is 0 Å². The third kappa shape index (κ3) is 2.37. The predicted octanol–water partition coefficient (Wildman–Crippen LogP) is 1.56. The van der Waals surface area contributed by atoms with Gasteiger partial charge < -0.3 is 5.11 Å². The molecule has 0 spiro atoms. The topological polar surface area (TPSA) is 20.2 Å². The van der Waals surface area contributed by atoms with Crippen LogP contribution < -0.4 is 0 Å². The number of hydrogen-bond donors (Lipinski definition) is 1. The Balaban J connectivity index is 2.92. The lowest BCUT2D eigenvalue weighted by Gasteiger charge is -1.92. The molecule has 0 saturated carbocycles. The molecule has 1 unspecified atom stereocenters. The summed E-state index contributed by atoms with van der Waals surface area (Å²) >= 11 is 0. The predicted molar refractivity (Wildman–Crippen MR) is 45.0 cm³/mol. The molecule has 2 heteroatoms. The van der Waals surface area contributed by atoms with Crippen molar-refractivity contribution in [3.63, 3.8) is 0 Å². The van der Waals surface area contributed by atoms with Crippen molar-refractivity contribution < 1.29 is 9.50 Å². The van der Waals surface area contributed by atoms with Crippen LogP contribution in [0.15, 0.2) is 24.3 Å². The number of aliphatic hydroxyl groups is 1. The Hall–Kier alpha value is -1.33. The Morgan fingerprint density at radius 3 is 2.67 bits per heavy atom. The van der Waals surface area contributed by atoms with Crippen molar-refractivity contribution in [3.8, 4) is 11.8 Å². The Bertz CT molecular complexity index is 320. The molecule has 12 heavy (non-hydrogen) atoms. The van der Waals surface area contributed by atoms with E-state index < -0.39 is 6.10 Å². The lowest BCUT2D eigenvalue weighted by molar-refractivity contribution is 0.253. The first kappa shape index (κ1) is 8.76. The van der Waals surface area contributed by atoms with Crippen LogP contribution in [0, 0.1) is 17.7 Å². The Labute approximate surface area is 70.9 Å². The van der Waals surface area contributed by atoms with Crippen molar-refractivity contribution >= 4 is 0 Å². The maximum Gasteiger partial charge on any atom is 0.138 e. The minimum atomic E-state index is -0.718. The summed E-state index contributed by atoms with van der Waals surface area (Å²) in [5.74, 6) is 4.65. The van der Waals surface area contributed by atoms with Gasteiger partial charge in [-0.25, -0.2) is 4.39 Å². The Kier molecular flexibility index (Phi) is 2.84. The van der Waals surface area contributed by atoms with Crippen LogP contribution in [0.1, 0.15) is 12.5 Å². The molecule has 0 aliphatic rings. The zero-order chi connectivity index (χ0) is 8.97. The normalized spacial score (nSPS) is 11.6. The summed E-state index contributed by atoms with van der Waals surface area (Å²) in [6.45, 7) is 1.54. The number of hydrogen-bond acceptors (Lipinski definition) is 1. The van der Waals surface area contributed by atoms with Crippen LogP contribution in [0.4, 0.5) is 4.39 Å². The summed E-state index contributed by atoms with van der Waals surface area (Å²) in [4.78, 5) is 0. The fourth-order valence-corrected chi connectivity index (χ4v) is 0.745. The van der Waals surface area contributed by atoms with Crippen molar-refractivity contribution in [3.05, 3.63) is 35.6 Å². The standard InChI is InChI=1S/C10H9FO/c1-8(12)6-7-9-4-2-3-5-10(9)11/h2-5,8,12H,1H3. The molecule has 1 nitrogen and oxygen atoms in total. The first-order valence-electron chi connectivity index (χ1n) is 3.64. The second kappa shape index (κ2) is 3.89. The molecule has 1 atom stereocenters. The fourth-order valence-electron chi connectivity index (χ4n) is 0.745. The first-order valence-corrected chi connectivity index (χ1v) is 3.64. The van der Waals surface area contributed by atoms with Crippen LogP contribution in [0.5, 0.6) is 0 Å². The van der Waals surface area contributed by atoms with Crippen molar-refractivity contribution in [1.29, 1.82) is 0 Å². The largest absolute Gasteiger partial charge is 0.381 e. The lowest BCUT2D eigenvalue weighted by Crippen LogP contribution is -1.93. The van der Waals surface area contributed by atoms with Crippen molar-refractivity contribution in [2.45, 2.75) is 13.0 Å². The van der Waals surface area contributed by atoms with Crippen molar-refractivity contribution in [1.82, 2.24) is 0 Å². The van der Waals surface area contributed by atoms with Gasteiger partial charge in [-0.2, -0.15) is 0 Å². The summed E-state index contributed by atoms with van der Waals surface area (Å²) < 4.78 is 12.9. The van der Waals surface area contributed by atoms with Gasteiger partial charge in [0.25, 0.3) is 0 Å². The van der Waals surface area contributed by atoms with E-state index in [2.05, 4.69) is 11.8 Å². The van der Waals surface area contributed by atoms with Crippen LogP contribution in [0.2, 0.25) is 0 Å². The van der Waals surface area contributed by atoms with Gasteiger partial charge in [0.1, 0.15) is 11.9 Å². The monoisotopic (exact) mass is 164 g/mol. The van der Waals surface area contributed by atoms with Gasteiger partial charge in [0.2, 0.25) is 0 Å². The minimum absolute atomic E-state index is 0.318. The van der Waals surface area contributed by atoms with Crippen LogP contribution >= 0.6 is 0 Å². The van der Waals surface area contributed by atoms with Gasteiger partial charge in [0, 0.05) is 0 Å². The second-order valence-electron chi connectivity index (χ2n) is 2.43. The van der Waals surface area contributed by atoms with Gasteiger partial charge in [-0.3, -0.25) is 0 Å². The van der Waals surface area contributed by atoms with Gasteiger partial charge in [-0.05, 0) is 19.1 Å². The molecule has 0 bridgehead atoms. The summed E-state index contributed by atoms with van der Waals surface area (Å²) in [6.07, 6.45) is -0.718. The van der Waals surface area contributed by atoms with E-state index in [4.69, 9.17) is 5.11 Å². The van der Waals surface area contributed by atoms with E-state index in [1.165, 1.54) is 13.0 Å². The molecule has 1 N–H and O–H groups in total. The highest BCUT2D eigenvalue weighted by Crippen LogP contribution is 2.03. The molecule has 62 valence electrons. The third-order valence-electron chi connectivity index (χ3n) is 1.29. The summed E-state index contributed by atoms with van der Waals surface area (Å²) in [7, 11) is 0. The van der Waals surface area contributed by atoms with Gasteiger partial charge in [-0.15, -0.1) is 0 Å². The molecule has 1 rings (SSSR count). The highest BCUT2D eigenvalue weighted by molar-refractivity contribution is 5.35. The fraction of sp³-hybridized carbons (Fsp3) is 0.200. The van der Waals surface area contributed by atoms with E-state index in [1.54, 1.807) is 18.2 Å². The van der Waals surface area contributed by atoms with Crippen molar-refractivity contribution in [2.24, 2.45) is 0 Å². The van der Waals surface area contributed by atoms with E-state index in [-0.39, 0.29) is 5.82 Å². The minimum Gasteiger partial charge on any atom is -0.381 e. The second-order valence-corrected chi connectivity index (χ2v) is 2.43. The molecule has 0 amide bonds. The molecule has 0 saturated heterocycles. The maximum absolute atomic E-state index is 12.9. The van der Waals surface area contributed by atoms with Crippen LogP contribution in [-0.2, 0) is 0 Å². The summed E-state index contributed by atoms with van der Waals surface area (Å²) in [6, 6.07) is 6.22. The zero-order valence-electron chi connectivity index (χ0n) is 6.71. The van der Waals surface area contributed by atoms with E-state index in [0.717, 1.165) is 0 Å². The molecule has 0 aromatic heterocycles. The number of benzene rings is 1. The van der Waals surface area contributed by atoms with E-state index in [1.807, 2.05) is 0 Å². The average Bonchev–Trinajstić information content (AvgIpc) is 2.03. The summed E-state index contributed by atoms with van der Waals surface area (Å²) in [5, 5.41) is 8.81. The smallest absolute Gasteiger partial charge is 0.138 e. The number of halogens is 1. The van der Waals surface area contributed by atoms with Crippen molar-refractivity contribution in [2.75, 3.05) is 0 Å². The molecule has 0 aliphatic heterocycles. The highest BCUT2D eigenvalue weighted by Gasteiger charge is 1.94. The van der Waals surface area contributed by atoms with E-state index in [9.17, 15) is 4.39 Å². The molecule has 0 heterocycles. The highest BCUT2D eigenvalue weighted by atomic mass is 19.1. The SMILES string of the molecule is CC(O)C#Cc1ccccc1F. The Morgan fingerprint density at radius 1 is 1.42 bits per heavy atom. The first-order chi connectivity index (χ1) is 5.70. The van der Waals surface area contributed by atoms with Gasteiger partial charge in [0.15, 0.2) is 0 Å². The van der Waals surface area contributed by atoms with Gasteiger partial charge in [-0.1, -0.05) is 24.0 Å². The molecule has 0 radical (unpaired) electrons. The maximum atomic E-state index is 12.9.